The minimum Gasteiger partial charge on any atom is -0.332 e. The average Bonchev–Trinajstić information content (AvgIpc) is 3.44. The zero-order valence-electron chi connectivity index (χ0n) is 17.2. The number of hydrogen-bond acceptors (Lipinski definition) is 2. The monoisotopic (exact) mass is 396 g/mol. The van der Waals surface area contributed by atoms with Gasteiger partial charge in [0.25, 0.3) is 0 Å². The van der Waals surface area contributed by atoms with Crippen LogP contribution in [0.25, 0.3) is 11.5 Å². The third kappa shape index (κ3) is 3.32. The van der Waals surface area contributed by atoms with Gasteiger partial charge in [0.05, 0.1) is 30.9 Å². The van der Waals surface area contributed by atoms with Crippen molar-refractivity contribution >= 4 is 5.91 Å². The molecule has 1 amide bonds. The fraction of sp³-hybridized carbons (Fsp3) is 0.200. The summed E-state index contributed by atoms with van der Waals surface area (Å²) in [6.07, 6.45) is 4.48. The van der Waals surface area contributed by atoms with Gasteiger partial charge in [-0.15, -0.1) is 0 Å². The van der Waals surface area contributed by atoms with Crippen LogP contribution in [0.5, 0.6) is 0 Å². The molecule has 3 heterocycles. The lowest BCUT2D eigenvalue weighted by Gasteiger charge is -2.18. The third-order valence-electron chi connectivity index (χ3n) is 5.61. The average molecular weight is 396 g/mol. The summed E-state index contributed by atoms with van der Waals surface area (Å²) in [5.74, 6) is 1.14. The molecule has 1 aliphatic heterocycles. The highest BCUT2D eigenvalue weighted by molar-refractivity contribution is 5.79. The largest absolute Gasteiger partial charge is 0.332 e. The van der Waals surface area contributed by atoms with Gasteiger partial charge < -0.3 is 9.47 Å². The molecule has 0 bridgehead atoms. The molecule has 0 saturated heterocycles. The summed E-state index contributed by atoms with van der Waals surface area (Å²) < 4.78 is 4.09. The molecule has 30 heavy (non-hydrogen) atoms. The van der Waals surface area contributed by atoms with Crippen molar-refractivity contribution < 1.29 is 4.79 Å². The van der Waals surface area contributed by atoms with Gasteiger partial charge in [-0.3, -0.25) is 4.79 Å². The van der Waals surface area contributed by atoms with Crippen molar-refractivity contribution in [2.24, 2.45) is 0 Å². The molecule has 0 unspecified atom stereocenters. The second-order valence-electron chi connectivity index (χ2n) is 8.01. The molecule has 0 fully saturated rings. The lowest BCUT2D eigenvalue weighted by atomic mass is 10.1. The molecule has 0 spiro atoms. The molecule has 0 saturated carbocycles. The van der Waals surface area contributed by atoms with E-state index in [2.05, 4.69) is 54.8 Å². The van der Waals surface area contributed by atoms with Gasteiger partial charge in [0.1, 0.15) is 5.82 Å². The number of carbonyl (C=O) groups excluding carboxylic acids is 1. The minimum absolute atomic E-state index is 0.138. The van der Waals surface area contributed by atoms with Crippen LogP contribution < -0.4 is 0 Å². The Balaban J connectivity index is 1.47. The number of benzene rings is 2. The Kier molecular flexibility index (Phi) is 4.51. The molecule has 0 aliphatic carbocycles. The van der Waals surface area contributed by atoms with E-state index in [0.717, 1.165) is 28.3 Å². The summed E-state index contributed by atoms with van der Waals surface area (Å²) in [7, 11) is 0. The molecule has 150 valence electrons. The lowest BCUT2D eigenvalue weighted by Crippen LogP contribution is -2.28. The molecular formula is C25H24N4O. The van der Waals surface area contributed by atoms with E-state index in [-0.39, 0.29) is 5.91 Å². The molecule has 1 aliphatic rings. The van der Waals surface area contributed by atoms with Gasteiger partial charge >= 0.3 is 0 Å². The molecule has 5 rings (SSSR count). The number of amides is 1. The van der Waals surface area contributed by atoms with Gasteiger partial charge in [-0.1, -0.05) is 42.0 Å². The van der Waals surface area contributed by atoms with Crippen LogP contribution in [0.2, 0.25) is 0 Å². The van der Waals surface area contributed by atoms with Crippen molar-refractivity contribution in [2.45, 2.75) is 33.4 Å². The predicted molar refractivity (Wildman–Crippen MR) is 117 cm³/mol. The Morgan fingerprint density at radius 2 is 1.67 bits per heavy atom. The molecule has 2 aromatic carbocycles. The van der Waals surface area contributed by atoms with Gasteiger partial charge in [0.15, 0.2) is 0 Å². The third-order valence-corrected chi connectivity index (χ3v) is 5.61. The van der Waals surface area contributed by atoms with Crippen LogP contribution in [0, 0.1) is 13.8 Å². The first-order valence-corrected chi connectivity index (χ1v) is 10.2. The zero-order chi connectivity index (χ0) is 20.7. The van der Waals surface area contributed by atoms with E-state index < -0.39 is 0 Å². The van der Waals surface area contributed by atoms with Gasteiger partial charge in [-0.2, -0.15) is 5.10 Å². The summed E-state index contributed by atoms with van der Waals surface area (Å²) in [4.78, 5) is 14.9. The highest BCUT2D eigenvalue weighted by Crippen LogP contribution is 2.31. The molecule has 4 aromatic rings. The van der Waals surface area contributed by atoms with Gasteiger partial charge in [0, 0.05) is 18.0 Å². The van der Waals surface area contributed by atoms with Crippen molar-refractivity contribution in [3.63, 3.8) is 0 Å². The van der Waals surface area contributed by atoms with Gasteiger partial charge in [0.2, 0.25) is 5.91 Å². The minimum atomic E-state index is 0.138. The highest BCUT2D eigenvalue weighted by atomic mass is 16.2. The fourth-order valence-electron chi connectivity index (χ4n) is 4.17. The van der Waals surface area contributed by atoms with E-state index >= 15 is 0 Å². The summed E-state index contributed by atoms with van der Waals surface area (Å²) in [5, 5.41) is 4.91. The van der Waals surface area contributed by atoms with Gasteiger partial charge in [-0.05, 0) is 49.2 Å². The maximum absolute atomic E-state index is 13.0. The highest BCUT2D eigenvalue weighted by Gasteiger charge is 2.31. The smallest absolute Gasteiger partial charge is 0.227 e. The van der Waals surface area contributed by atoms with E-state index in [1.807, 2.05) is 46.2 Å². The SMILES string of the molecule is Cc1cccc(CC(=O)N2Cc3nn(-c4cccc(C)c4)c(-n4cccc4)c3C2)c1. The van der Waals surface area contributed by atoms with Crippen molar-refractivity contribution in [3.8, 4) is 11.5 Å². The van der Waals surface area contributed by atoms with Crippen molar-refractivity contribution in [1.29, 1.82) is 0 Å². The molecule has 0 N–H and O–H groups in total. The molecule has 2 aromatic heterocycles. The number of carbonyl (C=O) groups is 1. The summed E-state index contributed by atoms with van der Waals surface area (Å²) in [6, 6.07) is 20.5. The molecule has 5 nitrogen and oxygen atoms in total. The van der Waals surface area contributed by atoms with E-state index in [0.29, 0.717) is 19.5 Å². The number of nitrogens with zero attached hydrogens (tertiary/aromatic N) is 4. The standard InChI is InChI=1S/C25H24N4O/c1-18-7-5-9-20(13-18)15-24(30)28-16-22-23(17-28)26-29(21-10-6-8-19(2)14-21)25(22)27-11-3-4-12-27/h3-14H,15-17H2,1-2H3. The summed E-state index contributed by atoms with van der Waals surface area (Å²) in [5.41, 5.74) is 6.54. The first-order chi connectivity index (χ1) is 14.6. The van der Waals surface area contributed by atoms with Crippen LogP contribution in [-0.2, 0) is 24.3 Å². The second kappa shape index (κ2) is 7.34. The number of aromatic nitrogens is 3. The molecule has 5 heteroatoms. The van der Waals surface area contributed by atoms with Crippen LogP contribution in [0.3, 0.4) is 0 Å². The molecule has 0 radical (unpaired) electrons. The molecule has 0 atom stereocenters. The zero-order valence-corrected chi connectivity index (χ0v) is 17.2. The summed E-state index contributed by atoms with van der Waals surface area (Å²) >= 11 is 0. The van der Waals surface area contributed by atoms with E-state index in [1.54, 1.807) is 0 Å². The Hall–Kier alpha value is -3.60. The maximum Gasteiger partial charge on any atom is 0.227 e. The topological polar surface area (TPSA) is 43.1 Å². The van der Waals surface area contributed by atoms with E-state index in [9.17, 15) is 4.79 Å². The van der Waals surface area contributed by atoms with Crippen LogP contribution in [-0.4, -0.2) is 25.2 Å². The Morgan fingerprint density at radius 1 is 0.933 bits per heavy atom. The maximum atomic E-state index is 13.0. The Bertz CT molecular complexity index is 1220. The quantitative estimate of drug-likeness (QED) is 0.514. The van der Waals surface area contributed by atoms with Crippen molar-refractivity contribution in [1.82, 2.24) is 19.2 Å². The van der Waals surface area contributed by atoms with Crippen LogP contribution in [0.15, 0.2) is 73.1 Å². The van der Waals surface area contributed by atoms with Crippen molar-refractivity contribution in [2.75, 3.05) is 0 Å². The van der Waals surface area contributed by atoms with Gasteiger partial charge in [-0.25, -0.2) is 4.68 Å². The number of rotatable bonds is 4. The first kappa shape index (κ1) is 18.4. The Morgan fingerprint density at radius 3 is 2.40 bits per heavy atom. The fourth-order valence-corrected chi connectivity index (χ4v) is 4.17. The summed E-state index contributed by atoms with van der Waals surface area (Å²) in [6.45, 7) is 5.27. The second-order valence-corrected chi connectivity index (χ2v) is 8.01. The van der Waals surface area contributed by atoms with Crippen LogP contribution in [0.4, 0.5) is 0 Å². The lowest BCUT2D eigenvalue weighted by molar-refractivity contribution is -0.131. The molecular weight excluding hydrogens is 372 g/mol. The van der Waals surface area contributed by atoms with E-state index in [4.69, 9.17) is 5.10 Å². The van der Waals surface area contributed by atoms with Crippen molar-refractivity contribution in [3.05, 3.63) is 101 Å². The number of fused-ring (bicyclic) bond motifs is 1. The number of hydrogen-bond donors (Lipinski definition) is 0. The van der Waals surface area contributed by atoms with Crippen LogP contribution >= 0.6 is 0 Å². The van der Waals surface area contributed by atoms with Crippen LogP contribution in [0.1, 0.15) is 27.9 Å². The first-order valence-electron chi connectivity index (χ1n) is 10.2. The Labute approximate surface area is 176 Å². The predicted octanol–water partition coefficient (Wildman–Crippen LogP) is 4.36. The number of aryl methyl sites for hydroxylation is 2. The van der Waals surface area contributed by atoms with E-state index in [1.165, 1.54) is 11.1 Å². The normalized spacial score (nSPS) is 12.9.